The fourth-order valence-corrected chi connectivity index (χ4v) is 9.48. The molecule has 12 unspecified atom stereocenters. The lowest BCUT2D eigenvalue weighted by molar-refractivity contribution is -0.108. The van der Waals surface area contributed by atoms with Crippen molar-refractivity contribution in [2.45, 2.75) is 63.6 Å². The Hall–Kier alpha value is -2.86. The van der Waals surface area contributed by atoms with Crippen molar-refractivity contribution < 1.29 is 28.5 Å². The molecule has 2 heterocycles. The molecule has 4 aliphatic carbocycles. The van der Waals surface area contributed by atoms with Crippen LogP contribution in [-0.2, 0) is 18.9 Å². The largest absolute Gasteiger partial charge is 0.509 e. The number of fused-ring (bicyclic) bond motifs is 17. The summed E-state index contributed by atoms with van der Waals surface area (Å²) in [5, 5.41) is 1.86. The molecule has 3 saturated carbocycles. The molecule has 2 aromatic rings. The molecular weight excluding hydrogens is 480 g/mol. The molecule has 8 rings (SSSR count). The first-order chi connectivity index (χ1) is 18.3. The van der Waals surface area contributed by atoms with Crippen LogP contribution in [0.3, 0.4) is 0 Å². The number of carbonyl (C=O) groups excluding carboxylic acids is 2. The predicted octanol–water partition coefficient (Wildman–Crippen LogP) is 5.79. The zero-order chi connectivity index (χ0) is 25.9. The normalized spacial score (nSPS) is 42.9. The number of benzene rings is 2. The van der Waals surface area contributed by atoms with Gasteiger partial charge in [0.25, 0.3) is 0 Å². The van der Waals surface area contributed by atoms with Gasteiger partial charge in [-0.3, -0.25) is 0 Å². The van der Waals surface area contributed by atoms with Gasteiger partial charge in [-0.2, -0.15) is 0 Å². The lowest BCUT2D eigenvalue weighted by Crippen LogP contribution is -2.53. The average molecular weight is 515 g/mol. The van der Waals surface area contributed by atoms with Gasteiger partial charge in [-0.05, 0) is 86.0 Å². The average Bonchev–Trinajstić information content (AvgIpc) is 3.70. The first-order valence-electron chi connectivity index (χ1n) is 14.2. The maximum atomic E-state index is 13.7. The van der Waals surface area contributed by atoms with Crippen LogP contribution in [0.4, 0.5) is 4.79 Å². The Morgan fingerprint density at radius 3 is 2.11 bits per heavy atom. The molecule has 0 spiro atoms. The monoisotopic (exact) mass is 514 g/mol. The van der Waals surface area contributed by atoms with Crippen LogP contribution < -0.4 is 0 Å². The smallest absolute Gasteiger partial charge is 0.454 e. The summed E-state index contributed by atoms with van der Waals surface area (Å²) in [5.41, 5.74) is -0.120. The third kappa shape index (κ3) is 3.16. The maximum Gasteiger partial charge on any atom is 0.509 e. The molecule has 12 atom stereocenters. The molecule has 6 nitrogen and oxygen atoms in total. The van der Waals surface area contributed by atoms with Gasteiger partial charge in [0.15, 0.2) is 0 Å². The number of hydrogen-bond donors (Lipinski definition) is 0. The summed E-state index contributed by atoms with van der Waals surface area (Å²) in [6, 6.07) is 13.5. The Balaban J connectivity index is 1.12. The van der Waals surface area contributed by atoms with E-state index in [4.69, 9.17) is 18.9 Å². The first kappa shape index (κ1) is 23.1. The van der Waals surface area contributed by atoms with Crippen molar-refractivity contribution in [3.05, 3.63) is 60.2 Å². The Bertz CT molecular complexity index is 1350. The predicted molar refractivity (Wildman–Crippen MR) is 139 cm³/mol. The second kappa shape index (κ2) is 7.84. The van der Waals surface area contributed by atoms with Crippen molar-refractivity contribution in [1.82, 2.24) is 0 Å². The number of hydrogen-bond acceptors (Lipinski definition) is 6. The molecule has 0 aromatic heterocycles. The summed E-state index contributed by atoms with van der Waals surface area (Å²) in [4.78, 5) is 26.5. The van der Waals surface area contributed by atoms with E-state index in [0.29, 0.717) is 41.1 Å². The molecule has 6 aliphatic rings. The van der Waals surface area contributed by atoms with Gasteiger partial charge < -0.3 is 18.9 Å². The number of ether oxygens (including phenoxy) is 4. The zero-order valence-corrected chi connectivity index (χ0v) is 22.0. The van der Waals surface area contributed by atoms with Crippen molar-refractivity contribution in [3.63, 3.8) is 0 Å². The molecule has 198 valence electrons. The molecule has 0 amide bonds. The van der Waals surface area contributed by atoms with Gasteiger partial charge in [-0.15, -0.1) is 0 Å². The minimum Gasteiger partial charge on any atom is -0.454 e. The van der Waals surface area contributed by atoms with Crippen molar-refractivity contribution in [3.8, 4) is 0 Å². The van der Waals surface area contributed by atoms with Gasteiger partial charge in [0.2, 0.25) is 0 Å². The molecule has 5 fully saturated rings. The van der Waals surface area contributed by atoms with Crippen molar-refractivity contribution in [2.24, 2.45) is 47.3 Å². The van der Waals surface area contributed by atoms with Crippen molar-refractivity contribution in [1.29, 1.82) is 0 Å². The van der Waals surface area contributed by atoms with Gasteiger partial charge in [-0.25, -0.2) is 9.59 Å². The van der Waals surface area contributed by atoms with Crippen LogP contribution in [0.15, 0.2) is 54.6 Å². The Labute approximate surface area is 222 Å². The summed E-state index contributed by atoms with van der Waals surface area (Å²) in [6.07, 6.45) is 5.66. The second-order valence-electron chi connectivity index (χ2n) is 13.3. The quantitative estimate of drug-likeness (QED) is 0.382. The highest BCUT2D eigenvalue weighted by atomic mass is 16.7. The summed E-state index contributed by atoms with van der Waals surface area (Å²) in [5.74, 6) is 2.96. The minimum absolute atomic E-state index is 0.113. The van der Waals surface area contributed by atoms with E-state index in [9.17, 15) is 9.59 Å². The zero-order valence-electron chi connectivity index (χ0n) is 22.0. The number of carbonyl (C=O) groups is 2. The SMILES string of the molecule is CC(C)(C)OC(=O)OC1C2CC(C1OC(=O)c1cccc3ccccc13)C1C3OC(C4C5C=CC(C5)C34)C21. The van der Waals surface area contributed by atoms with E-state index in [1.54, 1.807) is 0 Å². The summed E-state index contributed by atoms with van der Waals surface area (Å²) >= 11 is 0. The van der Waals surface area contributed by atoms with Gasteiger partial charge in [0, 0.05) is 11.8 Å². The van der Waals surface area contributed by atoms with Gasteiger partial charge >= 0.3 is 12.1 Å². The fraction of sp³-hybridized carbons (Fsp3) is 0.562. The van der Waals surface area contributed by atoms with Crippen molar-refractivity contribution >= 4 is 22.9 Å². The van der Waals surface area contributed by atoms with Crippen molar-refractivity contribution in [2.75, 3.05) is 0 Å². The highest BCUT2D eigenvalue weighted by Crippen LogP contribution is 2.71. The summed E-state index contributed by atoms with van der Waals surface area (Å²) in [6.45, 7) is 5.49. The first-order valence-corrected chi connectivity index (χ1v) is 14.2. The molecule has 38 heavy (non-hydrogen) atoms. The molecule has 2 saturated heterocycles. The third-order valence-corrected chi connectivity index (χ3v) is 10.4. The van der Waals surface area contributed by atoms with Crippen LogP contribution >= 0.6 is 0 Å². The Morgan fingerprint density at radius 2 is 1.42 bits per heavy atom. The summed E-state index contributed by atoms with van der Waals surface area (Å²) < 4.78 is 24.7. The van der Waals surface area contributed by atoms with Crippen LogP contribution in [0.25, 0.3) is 10.8 Å². The van der Waals surface area contributed by atoms with E-state index in [1.807, 2.05) is 63.2 Å². The molecular formula is C32H34O6. The topological polar surface area (TPSA) is 71.1 Å². The van der Waals surface area contributed by atoms with Crippen LogP contribution in [0.2, 0.25) is 0 Å². The van der Waals surface area contributed by atoms with Crippen LogP contribution in [0, 0.1) is 47.3 Å². The number of rotatable bonds is 3. The standard InChI is InChI=1S/C32H34O6/c1-32(2,3)38-31(34)37-27-21-14-20(24-25(21)29-23-17-12-11-16(13-17)22(23)28(24)35-29)26(27)36-30(33)19-10-6-8-15-7-4-5-9-18(15)19/h4-12,16-17,20-29H,13-14H2,1-3H3. The highest BCUT2D eigenvalue weighted by molar-refractivity contribution is 6.04. The highest BCUT2D eigenvalue weighted by Gasteiger charge is 2.75. The minimum atomic E-state index is -0.692. The molecule has 2 aliphatic heterocycles. The van der Waals surface area contributed by atoms with E-state index < -0.39 is 24.0 Å². The Morgan fingerprint density at radius 1 is 0.789 bits per heavy atom. The van der Waals surface area contributed by atoms with E-state index in [-0.39, 0.29) is 30.0 Å². The number of allylic oxidation sites excluding steroid dienone is 2. The lowest BCUT2D eigenvalue weighted by Gasteiger charge is -2.45. The van der Waals surface area contributed by atoms with Gasteiger partial charge in [0.1, 0.15) is 17.8 Å². The van der Waals surface area contributed by atoms with E-state index >= 15 is 0 Å². The number of esters is 1. The van der Waals surface area contributed by atoms with Crippen LogP contribution in [0.1, 0.15) is 44.0 Å². The van der Waals surface area contributed by atoms with Gasteiger partial charge in [-0.1, -0.05) is 48.6 Å². The second-order valence-corrected chi connectivity index (χ2v) is 13.3. The van der Waals surface area contributed by atoms with E-state index in [2.05, 4.69) is 12.2 Å². The summed E-state index contributed by atoms with van der Waals surface area (Å²) in [7, 11) is 0. The third-order valence-electron chi connectivity index (χ3n) is 10.4. The molecule has 6 bridgehead atoms. The van der Waals surface area contributed by atoms with E-state index in [0.717, 1.165) is 17.2 Å². The molecule has 0 radical (unpaired) electrons. The van der Waals surface area contributed by atoms with E-state index in [1.165, 1.54) is 6.42 Å². The Kier molecular flexibility index (Phi) is 4.76. The van der Waals surface area contributed by atoms with Crippen LogP contribution in [-0.4, -0.2) is 42.1 Å². The fourth-order valence-electron chi connectivity index (χ4n) is 9.48. The van der Waals surface area contributed by atoms with Crippen LogP contribution in [0.5, 0.6) is 0 Å². The molecule has 2 aromatic carbocycles. The molecule has 6 heteroatoms. The molecule has 0 N–H and O–H groups in total. The lowest BCUT2D eigenvalue weighted by atomic mass is 9.60. The van der Waals surface area contributed by atoms with Gasteiger partial charge in [0.05, 0.1) is 17.8 Å². The maximum absolute atomic E-state index is 13.7.